The van der Waals surface area contributed by atoms with Crippen LogP contribution in [0.1, 0.15) is 30.0 Å². The first kappa shape index (κ1) is 17.1. The number of anilines is 1. The van der Waals surface area contributed by atoms with Gasteiger partial charge in [-0.1, -0.05) is 13.8 Å². The van der Waals surface area contributed by atoms with E-state index in [0.717, 1.165) is 0 Å². The molecule has 1 aliphatic rings. The zero-order valence-corrected chi connectivity index (χ0v) is 15.2. The Bertz CT molecular complexity index is 1100. The first-order valence-corrected chi connectivity index (χ1v) is 8.63. The minimum absolute atomic E-state index is 0.152. The van der Waals surface area contributed by atoms with E-state index in [-0.39, 0.29) is 34.9 Å². The maximum atomic E-state index is 12.9. The lowest BCUT2D eigenvalue weighted by Gasteiger charge is -2.08. The number of nitrogens with one attached hydrogen (secondary N) is 1. The van der Waals surface area contributed by atoms with Crippen LogP contribution in [-0.2, 0) is 6.54 Å². The van der Waals surface area contributed by atoms with E-state index in [1.807, 2.05) is 13.8 Å². The van der Waals surface area contributed by atoms with Crippen molar-refractivity contribution in [1.82, 2.24) is 9.55 Å². The smallest absolute Gasteiger partial charge is 0.265 e. The van der Waals surface area contributed by atoms with E-state index in [9.17, 15) is 9.59 Å². The third-order valence-electron chi connectivity index (χ3n) is 4.27. The van der Waals surface area contributed by atoms with Crippen molar-refractivity contribution in [3.63, 3.8) is 0 Å². The molecule has 1 aromatic carbocycles. The molecule has 140 valence electrons. The number of rotatable bonds is 4. The number of benzene rings is 1. The zero-order chi connectivity index (χ0) is 19.1. The summed E-state index contributed by atoms with van der Waals surface area (Å²) in [5, 5.41) is 2.97. The molecule has 1 amide bonds. The average molecular weight is 369 g/mol. The molecule has 3 heterocycles. The van der Waals surface area contributed by atoms with Crippen LogP contribution < -0.4 is 20.3 Å². The Labute approximate surface area is 154 Å². The number of nitrogens with zero attached hydrogens (tertiary/aromatic N) is 2. The normalized spacial score (nSPS) is 12.7. The van der Waals surface area contributed by atoms with Gasteiger partial charge in [0.25, 0.3) is 11.5 Å². The van der Waals surface area contributed by atoms with Gasteiger partial charge in [-0.15, -0.1) is 0 Å². The molecule has 0 saturated carbocycles. The van der Waals surface area contributed by atoms with E-state index in [0.29, 0.717) is 29.5 Å². The van der Waals surface area contributed by atoms with Gasteiger partial charge in [-0.25, -0.2) is 4.98 Å². The van der Waals surface area contributed by atoms with E-state index in [2.05, 4.69) is 10.3 Å². The van der Waals surface area contributed by atoms with Gasteiger partial charge in [0.1, 0.15) is 17.5 Å². The van der Waals surface area contributed by atoms with E-state index in [4.69, 9.17) is 13.9 Å². The number of furan rings is 1. The fraction of sp³-hybridized carbons (Fsp3) is 0.316. The second-order valence-electron chi connectivity index (χ2n) is 6.83. The first-order chi connectivity index (χ1) is 12.9. The minimum atomic E-state index is -0.439. The highest BCUT2D eigenvalue weighted by atomic mass is 16.7. The molecule has 0 bridgehead atoms. The lowest BCUT2D eigenvalue weighted by atomic mass is 10.1. The topological polar surface area (TPSA) is 95.6 Å². The van der Waals surface area contributed by atoms with Gasteiger partial charge in [-0.2, -0.15) is 0 Å². The van der Waals surface area contributed by atoms with E-state index in [1.54, 1.807) is 25.1 Å². The van der Waals surface area contributed by atoms with Crippen LogP contribution in [0.15, 0.2) is 33.7 Å². The van der Waals surface area contributed by atoms with E-state index < -0.39 is 5.91 Å². The number of ether oxygens (including phenoxy) is 2. The fourth-order valence-electron chi connectivity index (χ4n) is 3.10. The number of carbonyl (C=O) groups excluding carboxylic acids is 1. The first-order valence-electron chi connectivity index (χ1n) is 8.63. The van der Waals surface area contributed by atoms with Crippen molar-refractivity contribution < 1.29 is 18.7 Å². The van der Waals surface area contributed by atoms with Gasteiger partial charge in [0, 0.05) is 18.3 Å². The summed E-state index contributed by atoms with van der Waals surface area (Å²) in [5.41, 5.74) is 0.595. The Hall–Kier alpha value is -3.29. The van der Waals surface area contributed by atoms with Crippen LogP contribution in [-0.4, -0.2) is 22.3 Å². The molecule has 3 aromatic rings. The molecule has 1 aliphatic heterocycles. The standard InChI is InChI=1S/C19H19N3O5/c1-10(2)7-22-8-20-18-16(19(22)24)15(11(3)27-18)17(23)21-12-4-5-13-14(6-12)26-9-25-13/h4-6,8,10H,7,9H2,1-3H3,(H,21,23). The quantitative estimate of drug-likeness (QED) is 0.760. The van der Waals surface area contributed by atoms with Crippen molar-refractivity contribution in [2.45, 2.75) is 27.3 Å². The maximum absolute atomic E-state index is 12.9. The van der Waals surface area contributed by atoms with Crippen LogP contribution in [0.3, 0.4) is 0 Å². The van der Waals surface area contributed by atoms with Crippen LogP contribution in [0.25, 0.3) is 11.1 Å². The average Bonchev–Trinajstić information content (AvgIpc) is 3.20. The summed E-state index contributed by atoms with van der Waals surface area (Å²) in [5.74, 6) is 1.35. The van der Waals surface area contributed by atoms with Gasteiger partial charge in [0.2, 0.25) is 12.5 Å². The summed E-state index contributed by atoms with van der Waals surface area (Å²) in [7, 11) is 0. The Morgan fingerprint density at radius 1 is 1.30 bits per heavy atom. The van der Waals surface area contributed by atoms with Crippen LogP contribution in [0.4, 0.5) is 5.69 Å². The molecule has 0 fully saturated rings. The maximum Gasteiger partial charge on any atom is 0.265 e. The second-order valence-corrected chi connectivity index (χ2v) is 6.83. The van der Waals surface area contributed by atoms with Gasteiger partial charge in [-0.3, -0.25) is 14.2 Å². The highest BCUT2D eigenvalue weighted by molar-refractivity contribution is 6.12. The zero-order valence-electron chi connectivity index (χ0n) is 15.2. The number of fused-ring (bicyclic) bond motifs is 2. The molecule has 0 spiro atoms. The van der Waals surface area contributed by atoms with Crippen molar-refractivity contribution in [1.29, 1.82) is 0 Å². The van der Waals surface area contributed by atoms with E-state index in [1.165, 1.54) is 10.9 Å². The number of hydrogen-bond acceptors (Lipinski definition) is 6. The third kappa shape index (κ3) is 3.03. The Kier molecular flexibility index (Phi) is 4.10. The lowest BCUT2D eigenvalue weighted by Crippen LogP contribution is -2.24. The molecule has 4 rings (SSSR count). The lowest BCUT2D eigenvalue weighted by molar-refractivity contribution is 0.102. The molecule has 0 aliphatic carbocycles. The Morgan fingerprint density at radius 3 is 2.85 bits per heavy atom. The number of aromatic nitrogens is 2. The number of amides is 1. The van der Waals surface area contributed by atoms with Crippen LogP contribution >= 0.6 is 0 Å². The molecule has 27 heavy (non-hydrogen) atoms. The summed E-state index contributed by atoms with van der Waals surface area (Å²) in [4.78, 5) is 29.9. The highest BCUT2D eigenvalue weighted by Crippen LogP contribution is 2.34. The Morgan fingerprint density at radius 2 is 2.07 bits per heavy atom. The van der Waals surface area contributed by atoms with E-state index >= 15 is 0 Å². The highest BCUT2D eigenvalue weighted by Gasteiger charge is 2.24. The van der Waals surface area contributed by atoms with Gasteiger partial charge in [0.15, 0.2) is 11.5 Å². The summed E-state index contributed by atoms with van der Waals surface area (Å²) < 4.78 is 17.6. The summed E-state index contributed by atoms with van der Waals surface area (Å²) in [6, 6.07) is 5.10. The van der Waals surface area contributed by atoms with Gasteiger partial charge in [0.05, 0.1) is 5.56 Å². The van der Waals surface area contributed by atoms with Crippen molar-refractivity contribution in [3.8, 4) is 11.5 Å². The molecule has 0 saturated heterocycles. The minimum Gasteiger partial charge on any atom is -0.454 e. The molecule has 0 radical (unpaired) electrons. The number of hydrogen-bond donors (Lipinski definition) is 1. The summed E-state index contributed by atoms with van der Waals surface area (Å²) >= 11 is 0. The van der Waals surface area contributed by atoms with Crippen molar-refractivity contribution in [2.75, 3.05) is 12.1 Å². The molecule has 1 N–H and O–H groups in total. The van der Waals surface area contributed by atoms with Gasteiger partial charge >= 0.3 is 0 Å². The number of carbonyl (C=O) groups is 1. The molecule has 0 atom stereocenters. The van der Waals surface area contributed by atoms with Gasteiger partial charge in [-0.05, 0) is 25.0 Å². The SMILES string of the molecule is Cc1oc2ncn(CC(C)C)c(=O)c2c1C(=O)Nc1ccc2c(c1)OCO2. The molecule has 0 unspecified atom stereocenters. The predicted octanol–water partition coefficient (Wildman–Crippen LogP) is 2.93. The molecule has 8 heteroatoms. The largest absolute Gasteiger partial charge is 0.454 e. The number of aryl methyl sites for hydroxylation is 1. The Balaban J connectivity index is 1.73. The third-order valence-corrected chi connectivity index (χ3v) is 4.27. The summed E-state index contributed by atoms with van der Waals surface area (Å²) in [6.45, 7) is 6.31. The fourth-order valence-corrected chi connectivity index (χ4v) is 3.10. The van der Waals surface area contributed by atoms with Gasteiger partial charge < -0.3 is 19.2 Å². The van der Waals surface area contributed by atoms with Crippen molar-refractivity contribution >= 4 is 22.7 Å². The molecular formula is C19H19N3O5. The van der Waals surface area contributed by atoms with Crippen molar-refractivity contribution in [3.05, 3.63) is 46.2 Å². The molecule has 8 nitrogen and oxygen atoms in total. The molecular weight excluding hydrogens is 350 g/mol. The molecule has 2 aromatic heterocycles. The predicted molar refractivity (Wildman–Crippen MR) is 98.4 cm³/mol. The van der Waals surface area contributed by atoms with Crippen LogP contribution in [0, 0.1) is 12.8 Å². The second kappa shape index (κ2) is 6.46. The van der Waals surface area contributed by atoms with Crippen LogP contribution in [0.2, 0.25) is 0 Å². The monoisotopic (exact) mass is 369 g/mol. The van der Waals surface area contributed by atoms with Crippen LogP contribution in [0.5, 0.6) is 11.5 Å². The summed E-state index contributed by atoms with van der Waals surface area (Å²) in [6.07, 6.45) is 1.45. The van der Waals surface area contributed by atoms with Crippen molar-refractivity contribution in [2.24, 2.45) is 5.92 Å².